The van der Waals surface area contributed by atoms with E-state index in [0.717, 1.165) is 0 Å². The average molecular weight is 366 g/mol. The van der Waals surface area contributed by atoms with Crippen molar-refractivity contribution in [2.45, 2.75) is 25.9 Å². The molecule has 1 amide bonds. The van der Waals surface area contributed by atoms with Crippen LogP contribution in [0.15, 0.2) is 24.3 Å². The van der Waals surface area contributed by atoms with Crippen LogP contribution in [0.25, 0.3) is 0 Å². The van der Waals surface area contributed by atoms with Crippen molar-refractivity contribution in [2.24, 2.45) is 5.41 Å². The summed E-state index contributed by atoms with van der Waals surface area (Å²) in [5, 5.41) is 0. The van der Waals surface area contributed by atoms with Crippen molar-refractivity contribution >= 4 is 21.8 Å². The minimum atomic E-state index is -5.54. The van der Waals surface area contributed by atoms with Crippen molar-refractivity contribution in [3.63, 3.8) is 0 Å². The number of nitrogens with one attached hydrogen (secondary N) is 1. The normalized spacial score (nSPS) is 18.2. The average Bonchev–Trinajstić information content (AvgIpc) is 2.43. The lowest BCUT2D eigenvalue weighted by Crippen LogP contribution is -2.46. The molecule has 1 fully saturated rings. The SMILES string of the molecule is CC1(C)COC(=O)N(Cc2ccccc2NS(=O)(=O)C(F)(F)F)C1. The third kappa shape index (κ3) is 4.11. The first-order valence-electron chi connectivity index (χ1n) is 7.00. The fraction of sp³-hybridized carbons (Fsp3) is 0.500. The molecule has 0 unspecified atom stereocenters. The van der Waals surface area contributed by atoms with Gasteiger partial charge in [0.2, 0.25) is 0 Å². The van der Waals surface area contributed by atoms with Gasteiger partial charge in [-0.2, -0.15) is 21.6 Å². The molecule has 2 rings (SSSR count). The van der Waals surface area contributed by atoms with Crippen LogP contribution in [0.2, 0.25) is 0 Å². The van der Waals surface area contributed by atoms with Gasteiger partial charge in [0.15, 0.2) is 0 Å². The van der Waals surface area contributed by atoms with Crippen molar-refractivity contribution in [3.05, 3.63) is 29.8 Å². The van der Waals surface area contributed by atoms with Crippen LogP contribution in [-0.2, 0) is 21.3 Å². The summed E-state index contributed by atoms with van der Waals surface area (Å²) >= 11 is 0. The number of amides is 1. The third-order valence-electron chi connectivity index (χ3n) is 3.39. The highest BCUT2D eigenvalue weighted by atomic mass is 32.2. The molecule has 0 bridgehead atoms. The molecule has 0 aliphatic carbocycles. The molecule has 0 atom stereocenters. The molecule has 6 nitrogen and oxygen atoms in total. The predicted octanol–water partition coefficient (Wildman–Crippen LogP) is 2.93. The van der Waals surface area contributed by atoms with Gasteiger partial charge in [-0.3, -0.25) is 4.72 Å². The maximum atomic E-state index is 12.5. The van der Waals surface area contributed by atoms with Crippen molar-refractivity contribution < 1.29 is 31.1 Å². The standard InChI is InChI=1S/C14H17F3N2O4S/c1-13(2)8-19(12(20)23-9-13)7-10-5-3-4-6-11(10)18-24(21,22)14(15,16)17/h3-6,18H,7-9H2,1-2H3. The monoisotopic (exact) mass is 366 g/mol. The molecule has 134 valence electrons. The van der Waals surface area contributed by atoms with E-state index in [9.17, 15) is 26.4 Å². The van der Waals surface area contributed by atoms with Crippen LogP contribution in [0, 0.1) is 5.41 Å². The first-order valence-corrected chi connectivity index (χ1v) is 8.48. The predicted molar refractivity (Wildman–Crippen MR) is 80.6 cm³/mol. The molecule has 0 radical (unpaired) electrons. The highest BCUT2D eigenvalue weighted by Crippen LogP contribution is 2.29. The van der Waals surface area contributed by atoms with E-state index >= 15 is 0 Å². The number of nitrogens with zero attached hydrogens (tertiary/aromatic N) is 1. The van der Waals surface area contributed by atoms with Crippen LogP contribution in [0.4, 0.5) is 23.7 Å². The summed E-state index contributed by atoms with van der Waals surface area (Å²) in [5.74, 6) is 0. The number of benzene rings is 1. The van der Waals surface area contributed by atoms with E-state index in [1.807, 2.05) is 13.8 Å². The molecule has 1 saturated heterocycles. The van der Waals surface area contributed by atoms with Crippen molar-refractivity contribution in [3.8, 4) is 0 Å². The number of ether oxygens (including phenoxy) is 1. The molecule has 24 heavy (non-hydrogen) atoms. The Balaban J connectivity index is 2.25. The van der Waals surface area contributed by atoms with Crippen LogP contribution in [0.1, 0.15) is 19.4 Å². The summed E-state index contributed by atoms with van der Waals surface area (Å²) in [6, 6.07) is 5.60. The molecule has 1 aliphatic rings. The fourth-order valence-electron chi connectivity index (χ4n) is 2.26. The highest BCUT2D eigenvalue weighted by Gasteiger charge is 2.46. The van der Waals surface area contributed by atoms with Crippen molar-refractivity contribution in [2.75, 3.05) is 17.9 Å². The van der Waals surface area contributed by atoms with Gasteiger partial charge in [-0.25, -0.2) is 4.79 Å². The fourth-order valence-corrected chi connectivity index (χ4v) is 2.87. The van der Waals surface area contributed by atoms with Gasteiger partial charge in [-0.05, 0) is 11.6 Å². The molecule has 10 heteroatoms. The number of carbonyl (C=O) groups excluding carboxylic acids is 1. The molecular formula is C14H17F3N2O4S. The Morgan fingerprint density at radius 2 is 1.92 bits per heavy atom. The zero-order chi connectivity index (χ0) is 18.2. The number of alkyl halides is 3. The van der Waals surface area contributed by atoms with Gasteiger partial charge >= 0.3 is 21.6 Å². The van der Waals surface area contributed by atoms with E-state index in [1.165, 1.54) is 27.8 Å². The third-order valence-corrected chi connectivity index (χ3v) is 4.49. The second-order valence-corrected chi connectivity index (χ2v) is 7.96. The molecule has 0 aromatic heterocycles. The van der Waals surface area contributed by atoms with E-state index in [0.29, 0.717) is 6.54 Å². The molecule has 0 spiro atoms. The van der Waals surface area contributed by atoms with Crippen LogP contribution in [-0.4, -0.2) is 38.1 Å². The number of carbonyl (C=O) groups is 1. The van der Waals surface area contributed by atoms with E-state index < -0.39 is 21.6 Å². The Bertz CT molecular complexity index is 732. The highest BCUT2D eigenvalue weighted by molar-refractivity contribution is 7.93. The zero-order valence-corrected chi connectivity index (χ0v) is 13.9. The van der Waals surface area contributed by atoms with Crippen LogP contribution < -0.4 is 4.72 Å². The first kappa shape index (κ1) is 18.4. The Labute approximate surface area is 137 Å². The number of cyclic esters (lactones) is 1. The number of anilines is 1. The maximum absolute atomic E-state index is 12.5. The van der Waals surface area contributed by atoms with Gasteiger partial charge in [0.25, 0.3) is 0 Å². The number of hydrogen-bond donors (Lipinski definition) is 1. The van der Waals surface area contributed by atoms with Gasteiger partial charge in [-0.1, -0.05) is 32.0 Å². The number of hydrogen-bond acceptors (Lipinski definition) is 4. The number of halogens is 3. The topological polar surface area (TPSA) is 75.7 Å². The van der Waals surface area contributed by atoms with Crippen LogP contribution in [0.3, 0.4) is 0 Å². The molecular weight excluding hydrogens is 349 g/mol. The molecule has 0 saturated carbocycles. The lowest BCUT2D eigenvalue weighted by Gasteiger charge is -2.37. The summed E-state index contributed by atoms with van der Waals surface area (Å²) in [5.41, 5.74) is -5.73. The van der Waals surface area contributed by atoms with Gasteiger partial charge < -0.3 is 9.64 Å². The van der Waals surface area contributed by atoms with Crippen molar-refractivity contribution in [1.29, 1.82) is 0 Å². The van der Waals surface area contributed by atoms with Crippen LogP contribution in [0.5, 0.6) is 0 Å². The first-order chi connectivity index (χ1) is 10.9. The summed E-state index contributed by atoms with van der Waals surface area (Å²) in [6.07, 6.45) is -0.595. The van der Waals surface area contributed by atoms with Gasteiger partial charge in [0, 0.05) is 12.0 Å². The molecule has 1 aliphatic heterocycles. The van der Waals surface area contributed by atoms with Gasteiger partial charge in [-0.15, -0.1) is 0 Å². The Morgan fingerprint density at radius 1 is 1.29 bits per heavy atom. The van der Waals surface area contributed by atoms with E-state index in [-0.39, 0.29) is 29.8 Å². The van der Waals surface area contributed by atoms with Crippen LogP contribution >= 0.6 is 0 Å². The smallest absolute Gasteiger partial charge is 0.449 e. The summed E-state index contributed by atoms with van der Waals surface area (Å²) in [6.45, 7) is 4.27. The summed E-state index contributed by atoms with van der Waals surface area (Å²) in [4.78, 5) is 13.2. The Hall–Kier alpha value is -1.97. The number of rotatable bonds is 4. The molecule has 1 aromatic carbocycles. The molecule has 1 N–H and O–H groups in total. The van der Waals surface area contributed by atoms with E-state index in [2.05, 4.69) is 0 Å². The van der Waals surface area contributed by atoms with Crippen molar-refractivity contribution in [1.82, 2.24) is 4.90 Å². The quantitative estimate of drug-likeness (QED) is 0.889. The summed E-state index contributed by atoms with van der Waals surface area (Å²) < 4.78 is 66.8. The second-order valence-electron chi connectivity index (χ2n) is 6.28. The number of para-hydroxylation sites is 1. The number of sulfonamides is 1. The van der Waals surface area contributed by atoms with E-state index in [1.54, 1.807) is 6.07 Å². The van der Waals surface area contributed by atoms with Gasteiger partial charge in [0.05, 0.1) is 18.8 Å². The Kier molecular flexibility index (Phi) is 4.71. The minimum absolute atomic E-state index is 0.0706. The minimum Gasteiger partial charge on any atom is -0.449 e. The largest absolute Gasteiger partial charge is 0.516 e. The lowest BCUT2D eigenvalue weighted by atomic mass is 9.93. The lowest BCUT2D eigenvalue weighted by molar-refractivity contribution is -0.0429. The molecule has 1 heterocycles. The molecule has 1 aromatic rings. The van der Waals surface area contributed by atoms with Gasteiger partial charge in [0.1, 0.15) is 0 Å². The Morgan fingerprint density at radius 3 is 2.54 bits per heavy atom. The maximum Gasteiger partial charge on any atom is 0.516 e. The zero-order valence-electron chi connectivity index (χ0n) is 13.1. The second kappa shape index (κ2) is 6.15. The van der Waals surface area contributed by atoms with E-state index in [4.69, 9.17) is 4.74 Å². The summed E-state index contributed by atoms with van der Waals surface area (Å²) in [7, 11) is -5.54.